The Bertz CT molecular complexity index is 1070. The molecule has 1 N–H and O–H groups in total. The largest absolute Gasteiger partial charge is 0.351 e. The Morgan fingerprint density at radius 3 is 2.56 bits per heavy atom. The highest BCUT2D eigenvalue weighted by atomic mass is 35.5. The first-order chi connectivity index (χ1) is 16.6. The van der Waals surface area contributed by atoms with Crippen LogP contribution in [0.15, 0.2) is 42.9 Å². The summed E-state index contributed by atoms with van der Waals surface area (Å²) in [6, 6.07) is 7.94. The van der Waals surface area contributed by atoms with E-state index in [1.807, 2.05) is 12.1 Å². The number of aromatic amines is 1. The Morgan fingerprint density at radius 2 is 1.88 bits per heavy atom. The first-order valence-corrected chi connectivity index (χ1v) is 12.5. The molecule has 0 bridgehead atoms. The number of hydrogen-bond donors (Lipinski definition) is 1. The van der Waals surface area contributed by atoms with Crippen LogP contribution < -0.4 is 4.90 Å². The van der Waals surface area contributed by atoms with Gasteiger partial charge in [-0.25, -0.2) is 19.3 Å². The lowest BCUT2D eigenvalue weighted by Crippen LogP contribution is -2.58. The summed E-state index contributed by atoms with van der Waals surface area (Å²) in [4.78, 5) is 23.9. The quantitative estimate of drug-likeness (QED) is 0.566. The highest BCUT2D eigenvalue weighted by molar-refractivity contribution is 6.31. The summed E-state index contributed by atoms with van der Waals surface area (Å²) >= 11 is 6.55. The van der Waals surface area contributed by atoms with Crippen molar-refractivity contribution in [2.24, 2.45) is 0 Å². The fraction of sp³-hybridized carbons (Fsp3) is 0.480. The van der Waals surface area contributed by atoms with Crippen molar-refractivity contribution >= 4 is 17.4 Å². The molecule has 0 spiro atoms. The zero-order valence-corrected chi connectivity index (χ0v) is 20.3. The smallest absolute Gasteiger partial charge is 0.172 e. The topological polar surface area (TPSA) is 64.2 Å². The number of nitrogens with zero attached hydrogens (tertiary/aromatic N) is 6. The molecule has 0 unspecified atom stereocenters. The molecule has 2 aliphatic heterocycles. The van der Waals surface area contributed by atoms with Crippen LogP contribution in [0.2, 0.25) is 5.15 Å². The van der Waals surface area contributed by atoms with Gasteiger partial charge in [-0.1, -0.05) is 30.7 Å². The molecule has 0 saturated carbocycles. The minimum Gasteiger partial charge on any atom is -0.351 e. The highest BCUT2D eigenvalue weighted by Gasteiger charge is 2.34. The van der Waals surface area contributed by atoms with Crippen molar-refractivity contribution in [1.29, 1.82) is 0 Å². The van der Waals surface area contributed by atoms with Crippen molar-refractivity contribution in [2.45, 2.75) is 44.8 Å². The summed E-state index contributed by atoms with van der Waals surface area (Å²) in [6.45, 7) is 8.09. The van der Waals surface area contributed by atoms with Gasteiger partial charge in [0, 0.05) is 50.7 Å². The standard InChI is InChI=1S/C25H31ClFN7/c1-2-20-17-33(25-23(26)31-22(15-30-25)24-28-9-10-29-24)13-14-34(20)21-7-11-32(12-8-21)16-18-3-5-19(27)6-4-18/h3-6,9-10,15,20-21H,2,7-8,11-14,16-17H2,1H3,(H,28,29)/t20-/m0/s1. The molecule has 7 nitrogen and oxygen atoms in total. The lowest BCUT2D eigenvalue weighted by molar-refractivity contribution is 0.0610. The van der Waals surface area contributed by atoms with Crippen molar-refractivity contribution < 1.29 is 4.39 Å². The van der Waals surface area contributed by atoms with Crippen molar-refractivity contribution in [3.63, 3.8) is 0 Å². The summed E-state index contributed by atoms with van der Waals surface area (Å²) in [5, 5.41) is 0.423. The summed E-state index contributed by atoms with van der Waals surface area (Å²) in [5.41, 5.74) is 1.83. The van der Waals surface area contributed by atoms with Gasteiger partial charge in [-0.05, 0) is 50.0 Å². The van der Waals surface area contributed by atoms with Gasteiger partial charge in [0.05, 0.1) is 6.20 Å². The number of likely N-dealkylation sites (tertiary alicyclic amines) is 1. The molecule has 2 aromatic heterocycles. The van der Waals surface area contributed by atoms with Gasteiger partial charge in [-0.15, -0.1) is 0 Å². The van der Waals surface area contributed by atoms with Crippen molar-refractivity contribution in [3.05, 3.63) is 59.4 Å². The molecule has 2 saturated heterocycles. The lowest BCUT2D eigenvalue weighted by atomic mass is 9.98. The summed E-state index contributed by atoms with van der Waals surface area (Å²) in [7, 11) is 0. The van der Waals surface area contributed by atoms with Gasteiger partial charge in [-0.2, -0.15) is 0 Å². The molecule has 1 aromatic carbocycles. The molecule has 4 heterocycles. The van der Waals surface area contributed by atoms with E-state index in [1.165, 1.54) is 5.56 Å². The normalized spacial score (nSPS) is 20.7. The first kappa shape index (κ1) is 23.2. The molecule has 180 valence electrons. The molecular formula is C25H31ClFN7. The number of piperazine rings is 1. The average Bonchev–Trinajstić information content (AvgIpc) is 3.41. The van der Waals surface area contributed by atoms with Gasteiger partial charge in [0.1, 0.15) is 11.5 Å². The van der Waals surface area contributed by atoms with Gasteiger partial charge >= 0.3 is 0 Å². The molecule has 9 heteroatoms. The predicted molar refractivity (Wildman–Crippen MR) is 132 cm³/mol. The zero-order valence-electron chi connectivity index (χ0n) is 19.5. The molecule has 0 amide bonds. The monoisotopic (exact) mass is 483 g/mol. The lowest BCUT2D eigenvalue weighted by Gasteiger charge is -2.47. The molecular weight excluding hydrogens is 453 g/mol. The second kappa shape index (κ2) is 10.4. The van der Waals surface area contributed by atoms with Crippen LogP contribution in [-0.4, -0.2) is 74.5 Å². The Hall–Kier alpha value is -2.55. The Morgan fingerprint density at radius 1 is 1.09 bits per heavy atom. The average molecular weight is 484 g/mol. The van der Waals surface area contributed by atoms with E-state index in [9.17, 15) is 4.39 Å². The van der Waals surface area contributed by atoms with Gasteiger partial charge < -0.3 is 9.88 Å². The number of benzene rings is 1. The van der Waals surface area contributed by atoms with E-state index in [2.05, 4.69) is 41.6 Å². The van der Waals surface area contributed by atoms with E-state index >= 15 is 0 Å². The number of rotatable bonds is 6. The van der Waals surface area contributed by atoms with Gasteiger partial charge in [0.25, 0.3) is 0 Å². The summed E-state index contributed by atoms with van der Waals surface area (Å²) in [5.74, 6) is 1.25. The second-order valence-electron chi connectivity index (χ2n) is 9.19. The third kappa shape index (κ3) is 5.09. The summed E-state index contributed by atoms with van der Waals surface area (Å²) < 4.78 is 13.2. The number of hydrogen-bond acceptors (Lipinski definition) is 6. The van der Waals surface area contributed by atoms with E-state index in [1.54, 1.807) is 30.7 Å². The van der Waals surface area contributed by atoms with E-state index in [4.69, 9.17) is 11.6 Å². The predicted octanol–water partition coefficient (Wildman–Crippen LogP) is 4.22. The number of aromatic nitrogens is 4. The number of nitrogens with one attached hydrogen (secondary N) is 1. The van der Waals surface area contributed by atoms with E-state index in [0.29, 0.717) is 28.8 Å². The maximum atomic E-state index is 13.2. The molecule has 0 radical (unpaired) electrons. The number of halogens is 2. The van der Waals surface area contributed by atoms with E-state index < -0.39 is 0 Å². The van der Waals surface area contributed by atoms with Crippen LogP contribution in [0.4, 0.5) is 10.2 Å². The van der Waals surface area contributed by atoms with Crippen molar-refractivity contribution in [3.8, 4) is 11.5 Å². The Labute approximate surface area is 205 Å². The van der Waals surface area contributed by atoms with Crippen LogP contribution in [0.5, 0.6) is 0 Å². The first-order valence-electron chi connectivity index (χ1n) is 12.1. The number of anilines is 1. The molecule has 34 heavy (non-hydrogen) atoms. The van der Waals surface area contributed by atoms with E-state index in [0.717, 1.165) is 64.3 Å². The number of imidazole rings is 1. The maximum absolute atomic E-state index is 13.2. The van der Waals surface area contributed by atoms with Crippen LogP contribution in [0.25, 0.3) is 11.5 Å². The molecule has 5 rings (SSSR count). The van der Waals surface area contributed by atoms with Gasteiger partial charge in [0.15, 0.2) is 16.8 Å². The van der Waals surface area contributed by atoms with Crippen LogP contribution in [-0.2, 0) is 6.54 Å². The SMILES string of the molecule is CC[C@H]1CN(c2ncc(-c3ncc[nH]3)nc2Cl)CCN1C1CCN(Cc2ccc(F)cc2)CC1. The molecule has 1 atom stereocenters. The minimum absolute atomic E-state index is 0.173. The van der Waals surface area contributed by atoms with Crippen LogP contribution >= 0.6 is 11.6 Å². The van der Waals surface area contributed by atoms with Crippen LogP contribution in [0, 0.1) is 5.82 Å². The number of piperidine rings is 1. The van der Waals surface area contributed by atoms with Gasteiger partial charge in [0.2, 0.25) is 0 Å². The van der Waals surface area contributed by atoms with E-state index in [-0.39, 0.29) is 5.82 Å². The second-order valence-corrected chi connectivity index (χ2v) is 9.55. The maximum Gasteiger partial charge on any atom is 0.172 e. The fourth-order valence-corrected chi connectivity index (χ4v) is 5.51. The third-order valence-corrected chi connectivity index (χ3v) is 7.35. The molecule has 2 fully saturated rings. The van der Waals surface area contributed by atoms with Gasteiger partial charge in [-0.3, -0.25) is 9.80 Å². The van der Waals surface area contributed by atoms with Crippen molar-refractivity contribution in [2.75, 3.05) is 37.6 Å². The zero-order chi connectivity index (χ0) is 23.5. The molecule has 0 aliphatic carbocycles. The third-order valence-electron chi connectivity index (χ3n) is 7.10. The minimum atomic E-state index is -0.173. The molecule has 2 aliphatic rings. The highest BCUT2D eigenvalue weighted by Crippen LogP contribution is 2.29. The van der Waals surface area contributed by atoms with Crippen LogP contribution in [0.3, 0.4) is 0 Å². The van der Waals surface area contributed by atoms with Crippen LogP contribution in [0.1, 0.15) is 31.7 Å². The fourth-order valence-electron chi connectivity index (χ4n) is 5.25. The Kier molecular flexibility index (Phi) is 7.08. The number of H-pyrrole nitrogens is 1. The van der Waals surface area contributed by atoms with Crippen molar-refractivity contribution in [1.82, 2.24) is 29.7 Å². The Balaban J connectivity index is 1.18. The summed E-state index contributed by atoms with van der Waals surface area (Å²) in [6.07, 6.45) is 8.60. The molecule has 3 aromatic rings.